The van der Waals surface area contributed by atoms with E-state index in [1.54, 1.807) is 24.4 Å². The summed E-state index contributed by atoms with van der Waals surface area (Å²) in [6.45, 7) is 0.501. The molecule has 0 aliphatic rings. The zero-order valence-corrected chi connectivity index (χ0v) is 14.6. The van der Waals surface area contributed by atoms with E-state index in [2.05, 4.69) is 42.2 Å². The van der Waals surface area contributed by atoms with E-state index in [4.69, 9.17) is 0 Å². The third-order valence-corrected chi connectivity index (χ3v) is 4.84. The zero-order chi connectivity index (χ0) is 14.8. The quantitative estimate of drug-likeness (QED) is 0.821. The van der Waals surface area contributed by atoms with E-state index in [9.17, 15) is 8.42 Å². The molecule has 2 rings (SSSR count). The Kier molecular flexibility index (Phi) is 4.82. The van der Waals surface area contributed by atoms with Crippen LogP contribution in [0, 0.1) is 0 Å². The maximum atomic E-state index is 11.5. The number of hydrogen-bond donors (Lipinski definition) is 1. The van der Waals surface area contributed by atoms with Crippen LogP contribution in [0.25, 0.3) is 0 Å². The van der Waals surface area contributed by atoms with Gasteiger partial charge >= 0.3 is 0 Å². The maximum absolute atomic E-state index is 11.5. The number of anilines is 1. The molecule has 1 heterocycles. The molecule has 0 spiro atoms. The Bertz CT molecular complexity index is 733. The molecule has 4 nitrogen and oxygen atoms in total. The largest absolute Gasteiger partial charge is 0.379 e. The molecular formula is C13H12Br2N2O2S. The first-order chi connectivity index (χ1) is 9.36. The lowest BCUT2D eigenvalue weighted by molar-refractivity contribution is 0.602. The Balaban J connectivity index is 2.15. The summed E-state index contributed by atoms with van der Waals surface area (Å²) in [5.41, 5.74) is 1.59. The highest BCUT2D eigenvalue weighted by Crippen LogP contribution is 2.21. The molecule has 0 bridgehead atoms. The van der Waals surface area contributed by atoms with E-state index in [0.29, 0.717) is 11.4 Å². The number of pyridine rings is 1. The summed E-state index contributed by atoms with van der Waals surface area (Å²) in [6.07, 6.45) is 2.91. The summed E-state index contributed by atoms with van der Waals surface area (Å²) in [6, 6.07) is 8.64. The fourth-order valence-corrected chi connectivity index (χ4v) is 3.39. The van der Waals surface area contributed by atoms with E-state index < -0.39 is 9.84 Å². The first kappa shape index (κ1) is 15.5. The van der Waals surface area contributed by atoms with Crippen molar-refractivity contribution in [1.82, 2.24) is 4.98 Å². The molecule has 7 heteroatoms. The van der Waals surface area contributed by atoms with Crippen molar-refractivity contribution in [2.75, 3.05) is 11.6 Å². The van der Waals surface area contributed by atoms with Crippen LogP contribution in [0.1, 0.15) is 5.69 Å². The Morgan fingerprint density at radius 3 is 2.65 bits per heavy atom. The minimum atomic E-state index is -3.19. The van der Waals surface area contributed by atoms with Crippen LogP contribution in [0.5, 0.6) is 0 Å². The summed E-state index contributed by atoms with van der Waals surface area (Å²) in [5, 5.41) is 3.16. The summed E-state index contributed by atoms with van der Waals surface area (Å²) < 4.78 is 24.8. The molecular weight excluding hydrogens is 408 g/mol. The lowest BCUT2D eigenvalue weighted by Gasteiger charge is -2.09. The van der Waals surface area contributed by atoms with Crippen molar-refractivity contribution in [3.8, 4) is 0 Å². The highest BCUT2D eigenvalue weighted by atomic mass is 79.9. The van der Waals surface area contributed by atoms with Gasteiger partial charge in [0.2, 0.25) is 0 Å². The van der Waals surface area contributed by atoms with E-state index in [-0.39, 0.29) is 0 Å². The SMILES string of the molecule is CS(=O)(=O)c1cccc(NCc2ncc(Br)cc2Br)c1. The van der Waals surface area contributed by atoms with Crippen molar-refractivity contribution in [3.05, 3.63) is 51.2 Å². The predicted molar refractivity (Wildman–Crippen MR) is 86.5 cm³/mol. The van der Waals surface area contributed by atoms with Gasteiger partial charge in [0.1, 0.15) is 0 Å². The summed E-state index contributed by atoms with van der Waals surface area (Å²) in [4.78, 5) is 4.59. The molecule has 1 aromatic carbocycles. The summed E-state index contributed by atoms with van der Waals surface area (Å²) >= 11 is 6.78. The van der Waals surface area contributed by atoms with Gasteiger partial charge in [-0.1, -0.05) is 6.07 Å². The van der Waals surface area contributed by atoms with Crippen molar-refractivity contribution in [3.63, 3.8) is 0 Å². The number of aromatic nitrogens is 1. The van der Waals surface area contributed by atoms with Gasteiger partial charge in [0.05, 0.1) is 17.1 Å². The molecule has 2 aromatic rings. The zero-order valence-electron chi connectivity index (χ0n) is 10.6. The lowest BCUT2D eigenvalue weighted by Crippen LogP contribution is -2.04. The molecule has 0 unspecified atom stereocenters. The Hall–Kier alpha value is -0.920. The van der Waals surface area contributed by atoms with Crippen LogP contribution in [-0.2, 0) is 16.4 Å². The predicted octanol–water partition coefficient (Wildman–Crippen LogP) is 3.62. The third-order valence-electron chi connectivity index (χ3n) is 2.61. The number of nitrogens with one attached hydrogen (secondary N) is 1. The highest BCUT2D eigenvalue weighted by molar-refractivity contribution is 9.11. The van der Waals surface area contributed by atoms with Gasteiger partial charge in [-0.05, 0) is 56.1 Å². The van der Waals surface area contributed by atoms with E-state index in [0.717, 1.165) is 20.3 Å². The smallest absolute Gasteiger partial charge is 0.175 e. The van der Waals surface area contributed by atoms with Gasteiger partial charge in [-0.3, -0.25) is 4.98 Å². The van der Waals surface area contributed by atoms with Crippen LogP contribution < -0.4 is 5.32 Å². The summed E-state index contributed by atoms with van der Waals surface area (Å²) in [7, 11) is -3.19. The fraction of sp³-hybridized carbons (Fsp3) is 0.154. The Labute approximate surface area is 134 Å². The third kappa shape index (κ3) is 4.04. The molecule has 0 aliphatic carbocycles. The standard InChI is InChI=1S/C13H12Br2N2O2S/c1-20(18,19)11-4-2-3-10(6-11)16-8-13-12(15)5-9(14)7-17-13/h2-7,16H,8H2,1H3. The second-order valence-corrected chi connectivity index (χ2v) is 8.02. The molecule has 0 saturated carbocycles. The Morgan fingerprint density at radius 2 is 2.00 bits per heavy atom. The molecule has 1 N–H and O–H groups in total. The van der Waals surface area contributed by atoms with Gasteiger partial charge in [0, 0.05) is 27.1 Å². The van der Waals surface area contributed by atoms with Crippen LogP contribution in [0.2, 0.25) is 0 Å². The second-order valence-electron chi connectivity index (χ2n) is 4.24. The Morgan fingerprint density at radius 1 is 1.25 bits per heavy atom. The highest BCUT2D eigenvalue weighted by Gasteiger charge is 2.08. The number of halogens is 2. The molecule has 0 fully saturated rings. The number of hydrogen-bond acceptors (Lipinski definition) is 4. The molecule has 0 radical (unpaired) electrons. The van der Waals surface area contributed by atoms with Gasteiger partial charge in [0.15, 0.2) is 9.84 Å². The molecule has 0 aliphatic heterocycles. The number of sulfone groups is 1. The van der Waals surface area contributed by atoms with Crippen LogP contribution in [-0.4, -0.2) is 19.7 Å². The first-order valence-corrected chi connectivity index (χ1v) is 9.18. The molecule has 0 saturated heterocycles. The van der Waals surface area contributed by atoms with Gasteiger partial charge < -0.3 is 5.32 Å². The number of benzene rings is 1. The van der Waals surface area contributed by atoms with Gasteiger partial charge in [-0.15, -0.1) is 0 Å². The van der Waals surface area contributed by atoms with Crippen molar-refractivity contribution in [2.45, 2.75) is 11.4 Å². The van der Waals surface area contributed by atoms with Crippen LogP contribution >= 0.6 is 31.9 Å². The lowest BCUT2D eigenvalue weighted by atomic mass is 10.3. The average molecular weight is 420 g/mol. The van der Waals surface area contributed by atoms with Gasteiger partial charge in [-0.2, -0.15) is 0 Å². The molecule has 1 aromatic heterocycles. The van der Waals surface area contributed by atoms with Crippen molar-refractivity contribution >= 4 is 47.4 Å². The molecule has 20 heavy (non-hydrogen) atoms. The molecule has 0 atom stereocenters. The monoisotopic (exact) mass is 418 g/mol. The first-order valence-electron chi connectivity index (χ1n) is 5.70. The van der Waals surface area contributed by atoms with Gasteiger partial charge in [0.25, 0.3) is 0 Å². The minimum absolute atomic E-state index is 0.297. The normalized spacial score (nSPS) is 11.3. The van der Waals surface area contributed by atoms with Crippen molar-refractivity contribution in [1.29, 1.82) is 0 Å². The molecule has 106 valence electrons. The number of rotatable bonds is 4. The number of nitrogens with zero attached hydrogens (tertiary/aromatic N) is 1. The fourth-order valence-electron chi connectivity index (χ4n) is 1.60. The second kappa shape index (κ2) is 6.24. The van der Waals surface area contributed by atoms with E-state index >= 15 is 0 Å². The maximum Gasteiger partial charge on any atom is 0.175 e. The summed E-state index contributed by atoms with van der Waals surface area (Å²) in [5.74, 6) is 0. The van der Waals surface area contributed by atoms with Crippen LogP contribution in [0.15, 0.2) is 50.4 Å². The topological polar surface area (TPSA) is 59.1 Å². The van der Waals surface area contributed by atoms with E-state index in [1.165, 1.54) is 6.26 Å². The minimum Gasteiger partial charge on any atom is -0.379 e. The van der Waals surface area contributed by atoms with E-state index in [1.807, 2.05) is 12.1 Å². The van der Waals surface area contributed by atoms with Gasteiger partial charge in [-0.25, -0.2) is 8.42 Å². The van der Waals surface area contributed by atoms with Crippen molar-refractivity contribution in [2.24, 2.45) is 0 Å². The van der Waals surface area contributed by atoms with Crippen LogP contribution in [0.4, 0.5) is 5.69 Å². The van der Waals surface area contributed by atoms with Crippen LogP contribution in [0.3, 0.4) is 0 Å². The molecule has 0 amide bonds. The average Bonchev–Trinajstić information content (AvgIpc) is 2.37. The van der Waals surface area contributed by atoms with Crippen molar-refractivity contribution < 1.29 is 8.42 Å².